The average molecular weight is 566 g/mol. The fraction of sp³-hybridized carbons (Fsp3) is 0.462. The highest BCUT2D eigenvalue weighted by Crippen LogP contribution is 2.43. The number of aromatic nitrogens is 2. The smallest absolute Gasteiger partial charge is 0.329 e. The number of fused-ring (bicyclic) bond motifs is 1. The predicted molar refractivity (Wildman–Crippen MR) is 100 cm³/mol. The summed E-state index contributed by atoms with van der Waals surface area (Å²) in [6.45, 7) is 3.59. The zero-order valence-corrected chi connectivity index (χ0v) is 18.1. The molecule has 9 heteroatoms. The van der Waals surface area contributed by atoms with E-state index in [-0.39, 0.29) is 18.8 Å². The van der Waals surface area contributed by atoms with Gasteiger partial charge in [-0.2, -0.15) is 0 Å². The molecule has 0 spiro atoms. The Morgan fingerprint density at radius 3 is 1.41 bits per heavy atom. The molecule has 0 bridgehead atoms. The molecule has 1 aromatic carbocycles. The Kier molecular flexibility index (Phi) is 5.99. The molecule has 2 N–H and O–H groups in total. The Bertz CT molecular complexity index is 718. The second kappa shape index (κ2) is 7.06. The second-order valence-electron chi connectivity index (χ2n) is 5.15. The molecule has 1 aromatic heterocycles. The van der Waals surface area contributed by atoms with Crippen LogP contribution < -0.4 is 5.69 Å². The van der Waals surface area contributed by atoms with E-state index in [9.17, 15) is 15.0 Å². The predicted octanol–water partition coefficient (Wildman–Crippen LogP) is 3.61. The molecule has 0 aliphatic carbocycles. The normalized spacial score (nSPS) is 14.5. The Morgan fingerprint density at radius 1 is 0.818 bits per heavy atom. The number of aliphatic hydroxyl groups is 2. The average Bonchev–Trinajstić information content (AvgIpc) is 2.67. The molecule has 0 amide bonds. The summed E-state index contributed by atoms with van der Waals surface area (Å²) in [6.07, 6.45) is -1.34. The first kappa shape index (κ1) is 18.7. The first-order chi connectivity index (χ1) is 10.2. The molecule has 0 radical (unpaired) electrons. The maximum atomic E-state index is 12.7. The fourth-order valence-electron chi connectivity index (χ4n) is 2.31. The van der Waals surface area contributed by atoms with Crippen molar-refractivity contribution in [3.05, 3.63) is 28.4 Å². The number of rotatable bonds is 4. The van der Waals surface area contributed by atoms with Gasteiger partial charge in [-0.25, -0.2) is 4.79 Å². The Balaban J connectivity index is 2.96. The number of hydrogen-bond acceptors (Lipinski definition) is 3. The van der Waals surface area contributed by atoms with Gasteiger partial charge in [-0.3, -0.25) is 9.13 Å². The fourth-order valence-corrected chi connectivity index (χ4v) is 4.81. The monoisotopic (exact) mass is 562 g/mol. The number of benzene rings is 1. The van der Waals surface area contributed by atoms with Crippen LogP contribution in [0.4, 0.5) is 0 Å². The van der Waals surface area contributed by atoms with E-state index < -0.39 is 12.2 Å². The third-order valence-electron chi connectivity index (χ3n) is 3.11. The van der Waals surface area contributed by atoms with Gasteiger partial charge in [0.2, 0.25) is 0 Å². The van der Waals surface area contributed by atoms with E-state index in [0.29, 0.717) is 20.0 Å². The Labute approximate surface area is 160 Å². The quantitative estimate of drug-likeness (QED) is 0.440. The molecule has 0 saturated heterocycles. The molecule has 0 aliphatic heterocycles. The van der Waals surface area contributed by atoms with Crippen LogP contribution in [0.15, 0.2) is 22.7 Å². The van der Waals surface area contributed by atoms with Gasteiger partial charge in [-0.15, -0.1) is 0 Å². The summed E-state index contributed by atoms with van der Waals surface area (Å²) < 4.78 is 5.96. The number of hydrogen-bond donors (Lipinski definition) is 2. The van der Waals surface area contributed by atoms with Gasteiger partial charge in [0.1, 0.15) is 0 Å². The number of aliphatic hydroxyl groups excluding tert-OH is 2. The summed E-state index contributed by atoms with van der Waals surface area (Å²) in [6, 6.07) is 0. The maximum Gasteiger partial charge on any atom is 0.329 e. The van der Waals surface area contributed by atoms with E-state index in [1.165, 1.54) is 9.13 Å². The van der Waals surface area contributed by atoms with Gasteiger partial charge in [0.05, 0.1) is 45.3 Å². The summed E-state index contributed by atoms with van der Waals surface area (Å²) in [5.74, 6) is 0. The van der Waals surface area contributed by atoms with Crippen LogP contribution in [0.3, 0.4) is 0 Å². The lowest BCUT2D eigenvalue weighted by molar-refractivity contribution is 0.167. The van der Waals surface area contributed by atoms with Crippen LogP contribution in [0, 0.1) is 0 Å². The van der Waals surface area contributed by atoms with E-state index in [1.807, 2.05) is 0 Å². The molecule has 2 atom stereocenters. The molecular formula is C13H14Br4N2O3. The molecule has 0 aliphatic rings. The van der Waals surface area contributed by atoms with Crippen LogP contribution in [0.1, 0.15) is 13.8 Å². The van der Waals surface area contributed by atoms with E-state index in [4.69, 9.17) is 0 Å². The Hall–Kier alpha value is 0.330. The minimum atomic E-state index is -0.670. The minimum Gasteiger partial charge on any atom is -0.392 e. The highest BCUT2D eigenvalue weighted by molar-refractivity contribution is 9.15. The summed E-state index contributed by atoms with van der Waals surface area (Å²) in [5.41, 5.74) is 1.05. The van der Waals surface area contributed by atoms with Gasteiger partial charge >= 0.3 is 5.69 Å². The number of imidazole rings is 1. The van der Waals surface area contributed by atoms with Crippen LogP contribution in [0.5, 0.6) is 0 Å². The van der Waals surface area contributed by atoms with E-state index in [1.54, 1.807) is 13.8 Å². The van der Waals surface area contributed by atoms with Crippen molar-refractivity contribution < 1.29 is 10.2 Å². The lowest BCUT2D eigenvalue weighted by atomic mass is 10.3. The van der Waals surface area contributed by atoms with Crippen molar-refractivity contribution in [1.29, 1.82) is 0 Å². The molecule has 2 rings (SSSR count). The van der Waals surface area contributed by atoms with E-state index in [0.717, 1.165) is 8.95 Å². The first-order valence-electron chi connectivity index (χ1n) is 6.47. The van der Waals surface area contributed by atoms with Crippen molar-refractivity contribution in [2.75, 3.05) is 0 Å². The van der Waals surface area contributed by atoms with E-state index in [2.05, 4.69) is 63.7 Å². The molecule has 5 nitrogen and oxygen atoms in total. The van der Waals surface area contributed by atoms with Crippen LogP contribution in [-0.4, -0.2) is 31.6 Å². The van der Waals surface area contributed by atoms with Crippen molar-refractivity contribution >= 4 is 74.8 Å². The number of nitrogens with zero attached hydrogens (tertiary/aromatic N) is 2. The summed E-state index contributed by atoms with van der Waals surface area (Å²) in [5, 5.41) is 19.4. The molecular weight excluding hydrogens is 552 g/mol. The molecule has 22 heavy (non-hydrogen) atoms. The van der Waals surface area contributed by atoms with Crippen molar-refractivity contribution in [3.8, 4) is 0 Å². The first-order valence-corrected chi connectivity index (χ1v) is 9.65. The highest BCUT2D eigenvalue weighted by atomic mass is 79.9. The number of halogens is 4. The maximum absolute atomic E-state index is 12.7. The van der Waals surface area contributed by atoms with E-state index >= 15 is 0 Å². The van der Waals surface area contributed by atoms with Crippen molar-refractivity contribution in [3.63, 3.8) is 0 Å². The van der Waals surface area contributed by atoms with Crippen LogP contribution in [0.2, 0.25) is 0 Å². The zero-order chi connectivity index (χ0) is 16.8. The molecule has 0 saturated carbocycles. The molecule has 2 unspecified atom stereocenters. The molecule has 2 aromatic rings. The van der Waals surface area contributed by atoms with Gasteiger partial charge < -0.3 is 10.2 Å². The van der Waals surface area contributed by atoms with Gasteiger partial charge in [0.15, 0.2) is 0 Å². The van der Waals surface area contributed by atoms with Crippen LogP contribution in [0.25, 0.3) is 11.0 Å². The van der Waals surface area contributed by atoms with Crippen molar-refractivity contribution in [1.82, 2.24) is 9.13 Å². The van der Waals surface area contributed by atoms with Gasteiger partial charge in [-0.05, 0) is 77.6 Å². The third kappa shape index (κ3) is 3.25. The molecule has 0 fully saturated rings. The van der Waals surface area contributed by atoms with Crippen LogP contribution >= 0.6 is 63.7 Å². The highest BCUT2D eigenvalue weighted by Gasteiger charge is 2.24. The van der Waals surface area contributed by atoms with Crippen molar-refractivity contribution in [2.45, 2.75) is 39.1 Å². The van der Waals surface area contributed by atoms with Gasteiger partial charge in [0, 0.05) is 8.95 Å². The van der Waals surface area contributed by atoms with Crippen LogP contribution in [-0.2, 0) is 13.1 Å². The Morgan fingerprint density at radius 2 is 1.14 bits per heavy atom. The summed E-state index contributed by atoms with van der Waals surface area (Å²) in [7, 11) is 0. The third-order valence-corrected chi connectivity index (χ3v) is 7.84. The molecule has 122 valence electrons. The van der Waals surface area contributed by atoms with Crippen molar-refractivity contribution in [2.24, 2.45) is 0 Å². The van der Waals surface area contributed by atoms with Gasteiger partial charge in [0.25, 0.3) is 0 Å². The molecule has 1 heterocycles. The summed E-state index contributed by atoms with van der Waals surface area (Å²) >= 11 is 14.0. The largest absolute Gasteiger partial charge is 0.392 e. The summed E-state index contributed by atoms with van der Waals surface area (Å²) in [4.78, 5) is 12.7. The lowest BCUT2D eigenvalue weighted by Gasteiger charge is -2.11. The minimum absolute atomic E-state index is 0.168. The van der Waals surface area contributed by atoms with Gasteiger partial charge in [-0.1, -0.05) is 0 Å². The topological polar surface area (TPSA) is 67.4 Å². The zero-order valence-electron chi connectivity index (χ0n) is 11.8. The second-order valence-corrected chi connectivity index (χ2v) is 8.33. The standard InChI is InChI=1S/C13H14Br4N2O3/c1-5(20)3-18-11-9(16)7(14)8(15)10(17)12(11)19(13(18)22)4-6(2)21/h5-6,20-21H,3-4H2,1-2H3. The lowest BCUT2D eigenvalue weighted by Crippen LogP contribution is -2.30. The SMILES string of the molecule is CC(O)Cn1c(=O)n(CC(C)O)c2c(Br)c(Br)c(Br)c(Br)c21.